The molecule has 1 aliphatic heterocycles. The summed E-state index contributed by atoms with van der Waals surface area (Å²) in [5.74, 6) is -0.433. The molecule has 1 amide bonds. The lowest BCUT2D eigenvalue weighted by molar-refractivity contribution is -0.138. The van der Waals surface area contributed by atoms with Crippen molar-refractivity contribution in [2.24, 2.45) is 0 Å². The number of sulfonamides is 1. The van der Waals surface area contributed by atoms with Crippen molar-refractivity contribution in [3.05, 3.63) is 64.7 Å². The Labute approximate surface area is 161 Å². The van der Waals surface area contributed by atoms with Gasteiger partial charge in [-0.15, -0.1) is 0 Å². The molecule has 0 aromatic heterocycles. The highest BCUT2D eigenvalue weighted by Crippen LogP contribution is 2.33. The van der Waals surface area contributed by atoms with Gasteiger partial charge in [0.05, 0.1) is 17.5 Å². The fourth-order valence-electron chi connectivity index (χ4n) is 3.33. The van der Waals surface area contributed by atoms with Crippen molar-refractivity contribution in [2.45, 2.75) is 19.1 Å². The van der Waals surface area contributed by atoms with Gasteiger partial charge >= 0.3 is 6.18 Å². The van der Waals surface area contributed by atoms with E-state index in [0.717, 1.165) is 17.9 Å². The van der Waals surface area contributed by atoms with E-state index >= 15 is 0 Å². The van der Waals surface area contributed by atoms with Gasteiger partial charge in [0.2, 0.25) is 10.0 Å². The van der Waals surface area contributed by atoms with Gasteiger partial charge in [0.25, 0.3) is 5.91 Å². The molecule has 0 saturated heterocycles. The maximum absolute atomic E-state index is 13.1. The van der Waals surface area contributed by atoms with Crippen LogP contribution in [0.15, 0.2) is 42.5 Å². The zero-order valence-electron chi connectivity index (χ0n) is 15.3. The highest BCUT2D eigenvalue weighted by Gasteiger charge is 2.33. The van der Waals surface area contributed by atoms with Gasteiger partial charge in [-0.3, -0.25) is 9.10 Å². The molecule has 0 N–H and O–H groups in total. The predicted molar refractivity (Wildman–Crippen MR) is 99.6 cm³/mol. The van der Waals surface area contributed by atoms with Gasteiger partial charge in [0.15, 0.2) is 0 Å². The molecule has 2 aromatic carbocycles. The molecule has 5 nitrogen and oxygen atoms in total. The first-order chi connectivity index (χ1) is 13.0. The Hall–Kier alpha value is -2.55. The van der Waals surface area contributed by atoms with Gasteiger partial charge in [0, 0.05) is 25.7 Å². The molecule has 28 heavy (non-hydrogen) atoms. The SMILES string of the molecule is CN(Cc1ccccc1C(F)(F)F)C(=O)c1ccc2c(c1)CCN2S(C)(=O)=O. The summed E-state index contributed by atoms with van der Waals surface area (Å²) in [5, 5.41) is 0. The van der Waals surface area contributed by atoms with E-state index in [-0.39, 0.29) is 12.1 Å². The molecule has 150 valence electrons. The number of fused-ring (bicyclic) bond motifs is 1. The van der Waals surface area contributed by atoms with Crippen LogP contribution < -0.4 is 4.31 Å². The summed E-state index contributed by atoms with van der Waals surface area (Å²) in [6.45, 7) is 0.113. The van der Waals surface area contributed by atoms with Crippen LogP contribution in [0, 0.1) is 0 Å². The number of benzene rings is 2. The first-order valence-corrected chi connectivity index (χ1v) is 10.3. The Balaban J connectivity index is 1.83. The summed E-state index contributed by atoms with van der Waals surface area (Å²) >= 11 is 0. The number of halogens is 3. The van der Waals surface area contributed by atoms with Gasteiger partial charge in [-0.05, 0) is 41.8 Å². The Morgan fingerprint density at radius 2 is 1.86 bits per heavy atom. The fraction of sp³-hybridized carbons (Fsp3) is 0.316. The average molecular weight is 412 g/mol. The average Bonchev–Trinajstić information content (AvgIpc) is 3.04. The summed E-state index contributed by atoms with van der Waals surface area (Å²) in [5.41, 5.74) is 0.799. The molecule has 9 heteroatoms. The van der Waals surface area contributed by atoms with Crippen molar-refractivity contribution in [3.8, 4) is 0 Å². The molecule has 2 aromatic rings. The van der Waals surface area contributed by atoms with Crippen LogP contribution >= 0.6 is 0 Å². The molecule has 0 atom stereocenters. The molecular formula is C19H19F3N2O3S. The van der Waals surface area contributed by atoms with Crippen LogP contribution in [-0.2, 0) is 29.2 Å². The molecule has 0 saturated carbocycles. The van der Waals surface area contributed by atoms with Crippen molar-refractivity contribution in [3.63, 3.8) is 0 Å². The predicted octanol–water partition coefficient (Wildman–Crippen LogP) is 3.30. The minimum atomic E-state index is -4.50. The van der Waals surface area contributed by atoms with Crippen LogP contribution in [0.5, 0.6) is 0 Å². The summed E-state index contributed by atoms with van der Waals surface area (Å²) < 4.78 is 64.3. The largest absolute Gasteiger partial charge is 0.416 e. The van der Waals surface area contributed by atoms with Crippen LogP contribution in [0.3, 0.4) is 0 Å². The number of hydrogen-bond acceptors (Lipinski definition) is 3. The first-order valence-electron chi connectivity index (χ1n) is 8.49. The van der Waals surface area contributed by atoms with Crippen molar-refractivity contribution in [1.82, 2.24) is 4.90 Å². The fourth-order valence-corrected chi connectivity index (χ4v) is 4.29. The van der Waals surface area contributed by atoms with E-state index in [1.165, 1.54) is 40.5 Å². The molecule has 0 aliphatic carbocycles. The Bertz CT molecular complexity index is 1020. The third kappa shape index (κ3) is 3.99. The van der Waals surface area contributed by atoms with Crippen LogP contribution in [-0.4, -0.2) is 39.1 Å². The normalized spacial score (nSPS) is 14.1. The Morgan fingerprint density at radius 3 is 2.50 bits per heavy atom. The van der Waals surface area contributed by atoms with Crippen LogP contribution in [0.1, 0.15) is 27.0 Å². The Morgan fingerprint density at radius 1 is 1.18 bits per heavy atom. The van der Waals surface area contributed by atoms with Crippen LogP contribution in [0.2, 0.25) is 0 Å². The molecule has 0 unspecified atom stereocenters. The van der Waals surface area contributed by atoms with Crippen molar-refractivity contribution in [1.29, 1.82) is 0 Å². The second-order valence-corrected chi connectivity index (χ2v) is 8.65. The molecule has 0 spiro atoms. The van der Waals surface area contributed by atoms with Crippen molar-refractivity contribution >= 4 is 21.6 Å². The highest BCUT2D eigenvalue weighted by molar-refractivity contribution is 7.92. The molecule has 0 bridgehead atoms. The maximum Gasteiger partial charge on any atom is 0.416 e. The van der Waals surface area contributed by atoms with E-state index in [9.17, 15) is 26.4 Å². The van der Waals surface area contributed by atoms with E-state index in [4.69, 9.17) is 0 Å². The molecule has 1 aliphatic rings. The lowest BCUT2D eigenvalue weighted by Crippen LogP contribution is -2.28. The number of nitrogens with zero attached hydrogens (tertiary/aromatic N) is 2. The van der Waals surface area contributed by atoms with Gasteiger partial charge in [-0.2, -0.15) is 13.2 Å². The number of anilines is 1. The van der Waals surface area contributed by atoms with Gasteiger partial charge < -0.3 is 4.90 Å². The summed E-state index contributed by atoms with van der Waals surface area (Å²) in [4.78, 5) is 13.9. The molecule has 0 radical (unpaired) electrons. The van der Waals surface area contributed by atoms with E-state index in [1.54, 1.807) is 12.1 Å². The number of rotatable bonds is 4. The third-order valence-corrected chi connectivity index (χ3v) is 5.84. The van der Waals surface area contributed by atoms with E-state index in [0.29, 0.717) is 24.2 Å². The highest BCUT2D eigenvalue weighted by atomic mass is 32.2. The topological polar surface area (TPSA) is 57.7 Å². The van der Waals surface area contributed by atoms with Crippen LogP contribution in [0.4, 0.5) is 18.9 Å². The minimum Gasteiger partial charge on any atom is -0.337 e. The maximum atomic E-state index is 13.1. The Kier molecular flexibility index (Phi) is 5.14. The third-order valence-electron chi connectivity index (χ3n) is 4.66. The molecular weight excluding hydrogens is 393 g/mol. The quantitative estimate of drug-likeness (QED) is 0.774. The van der Waals surface area contributed by atoms with Gasteiger partial charge in [-0.25, -0.2) is 8.42 Å². The number of alkyl halides is 3. The minimum absolute atomic E-state index is 0.00950. The number of amides is 1. The lowest BCUT2D eigenvalue weighted by Gasteiger charge is -2.21. The van der Waals surface area contributed by atoms with Crippen molar-refractivity contribution in [2.75, 3.05) is 24.2 Å². The van der Waals surface area contributed by atoms with E-state index in [2.05, 4.69) is 0 Å². The number of carbonyl (C=O) groups is 1. The van der Waals surface area contributed by atoms with E-state index in [1.807, 2.05) is 0 Å². The monoisotopic (exact) mass is 412 g/mol. The zero-order chi connectivity index (χ0) is 20.7. The van der Waals surface area contributed by atoms with Gasteiger partial charge in [0.1, 0.15) is 0 Å². The molecule has 3 rings (SSSR count). The molecule has 1 heterocycles. The smallest absolute Gasteiger partial charge is 0.337 e. The standard InChI is InChI=1S/C19H19F3N2O3S/c1-23(12-15-5-3-4-6-16(15)19(20,21)22)18(25)14-7-8-17-13(11-14)9-10-24(17)28(2,26)27/h3-8,11H,9-10,12H2,1-2H3. The summed E-state index contributed by atoms with van der Waals surface area (Å²) in [6.07, 6.45) is -2.90. The summed E-state index contributed by atoms with van der Waals surface area (Å²) in [6, 6.07) is 9.81. The second-order valence-electron chi connectivity index (χ2n) is 6.74. The van der Waals surface area contributed by atoms with Gasteiger partial charge in [-0.1, -0.05) is 18.2 Å². The number of carbonyl (C=O) groups excluding carboxylic acids is 1. The van der Waals surface area contributed by atoms with Crippen LogP contribution in [0.25, 0.3) is 0 Å². The summed E-state index contributed by atoms with van der Waals surface area (Å²) in [7, 11) is -1.96. The zero-order valence-corrected chi connectivity index (χ0v) is 16.1. The lowest BCUT2D eigenvalue weighted by atomic mass is 10.1. The van der Waals surface area contributed by atoms with E-state index < -0.39 is 27.7 Å². The number of hydrogen-bond donors (Lipinski definition) is 0. The second kappa shape index (κ2) is 7.12. The first kappa shape index (κ1) is 20.2. The molecule has 0 fully saturated rings. The van der Waals surface area contributed by atoms with Crippen molar-refractivity contribution < 1.29 is 26.4 Å².